The Hall–Kier alpha value is -1.18. The Morgan fingerprint density at radius 1 is 0.460 bits per heavy atom. The number of esters is 2. The van der Waals surface area contributed by atoms with Crippen molar-refractivity contribution in [1.82, 2.24) is 5.32 Å². The highest BCUT2D eigenvalue weighted by molar-refractivity contribution is 5.70. The number of nitrogens with one attached hydrogen (secondary N) is 1. The van der Waals surface area contributed by atoms with E-state index in [0.29, 0.717) is 12.8 Å². The minimum Gasteiger partial charge on any atom is -0.462 e. The van der Waals surface area contributed by atoms with Crippen LogP contribution in [0.3, 0.4) is 0 Å². The van der Waals surface area contributed by atoms with Crippen LogP contribution in [0.5, 0.6) is 0 Å². The van der Waals surface area contributed by atoms with Gasteiger partial charge in [-0.05, 0) is 33.9 Å². The van der Waals surface area contributed by atoms with E-state index in [0.717, 1.165) is 25.7 Å². The third-order valence-electron chi connectivity index (χ3n) is 8.88. The third-order valence-corrected chi connectivity index (χ3v) is 8.88. The van der Waals surface area contributed by atoms with E-state index in [1.54, 1.807) is 0 Å². The van der Waals surface area contributed by atoms with E-state index in [1.807, 2.05) is 21.0 Å². The molecule has 0 radical (unpaired) electrons. The Morgan fingerprint density at radius 2 is 0.700 bits per heavy atom. The fraction of sp³-hybridized carbons (Fsp3) is 0.953. The maximum atomic E-state index is 12.1. The topological polar surface area (TPSA) is 105 Å². The number of rotatable bonds is 36. The molecule has 0 saturated heterocycles. The first-order chi connectivity index (χ1) is 24.4. The molecule has 0 aromatic carbocycles. The highest BCUT2D eigenvalue weighted by Crippen LogP contribution is 2.15. The van der Waals surface area contributed by atoms with Crippen LogP contribution in [0.2, 0.25) is 0 Å². The van der Waals surface area contributed by atoms with Gasteiger partial charge in [-0.2, -0.15) is 0 Å². The van der Waals surface area contributed by atoms with Crippen molar-refractivity contribution in [3.8, 4) is 0 Å². The molecule has 0 aliphatic heterocycles. The highest BCUT2D eigenvalue weighted by Gasteiger charge is 2.12. The summed E-state index contributed by atoms with van der Waals surface area (Å²) in [6.07, 6.45) is 40.1. The van der Waals surface area contributed by atoms with Crippen molar-refractivity contribution in [2.45, 2.75) is 232 Å². The minimum atomic E-state index is -0.367. The van der Waals surface area contributed by atoms with Gasteiger partial charge >= 0.3 is 11.9 Å². The van der Waals surface area contributed by atoms with Gasteiger partial charge < -0.3 is 25.0 Å². The van der Waals surface area contributed by atoms with Crippen molar-refractivity contribution in [2.24, 2.45) is 0 Å². The second kappa shape index (κ2) is 49.9. The van der Waals surface area contributed by atoms with Crippen molar-refractivity contribution in [3.63, 3.8) is 0 Å². The van der Waals surface area contributed by atoms with E-state index in [2.05, 4.69) is 19.2 Å². The molecule has 7 heteroatoms. The van der Waals surface area contributed by atoms with E-state index in [4.69, 9.17) is 19.7 Å². The summed E-state index contributed by atoms with van der Waals surface area (Å²) < 4.78 is 10.8. The summed E-state index contributed by atoms with van der Waals surface area (Å²) >= 11 is 0. The maximum absolute atomic E-state index is 12.1. The molecule has 0 aliphatic carbocycles. The number of aliphatic hydroxyl groups is 2. The summed E-state index contributed by atoms with van der Waals surface area (Å²) in [7, 11) is 3.75. The number of hydrogen-bond donors (Lipinski definition) is 3. The van der Waals surface area contributed by atoms with Gasteiger partial charge in [-0.25, -0.2) is 0 Å². The van der Waals surface area contributed by atoms with Crippen LogP contribution in [0.4, 0.5) is 0 Å². The largest absolute Gasteiger partial charge is 0.462 e. The number of ether oxygens (including phenoxy) is 2. The molecule has 1 unspecified atom stereocenters. The van der Waals surface area contributed by atoms with Crippen molar-refractivity contribution in [3.05, 3.63) is 0 Å². The summed E-state index contributed by atoms with van der Waals surface area (Å²) in [6, 6.07) is 0. The van der Waals surface area contributed by atoms with Crippen LogP contribution < -0.4 is 5.32 Å². The zero-order valence-corrected chi connectivity index (χ0v) is 34.4. The molecule has 0 amide bonds. The summed E-state index contributed by atoms with van der Waals surface area (Å²) in [5.41, 5.74) is 0. The van der Waals surface area contributed by atoms with Gasteiger partial charge in [0.2, 0.25) is 0 Å². The molecule has 0 rings (SSSR count). The van der Waals surface area contributed by atoms with Gasteiger partial charge in [-0.1, -0.05) is 194 Å². The first-order valence-corrected chi connectivity index (χ1v) is 21.6. The SMILES string of the molecule is CCCCCCCCCCCCCCCCCC(=O)OCC(C)OC(=O)CCCCCCCCCCCCCCCCC.CNC.OCCO. The average Bonchev–Trinajstić information content (AvgIpc) is 3.11. The minimum absolute atomic E-state index is 0.125. The molecule has 0 heterocycles. The maximum Gasteiger partial charge on any atom is 0.306 e. The van der Waals surface area contributed by atoms with Crippen LogP contribution in [0.25, 0.3) is 0 Å². The summed E-state index contributed by atoms with van der Waals surface area (Å²) in [5.74, 6) is -0.333. The summed E-state index contributed by atoms with van der Waals surface area (Å²) in [4.78, 5) is 24.1. The lowest BCUT2D eigenvalue weighted by atomic mass is 10.0. The fourth-order valence-corrected chi connectivity index (χ4v) is 5.88. The monoisotopic (exact) mass is 716 g/mol. The average molecular weight is 716 g/mol. The molecule has 0 aliphatic rings. The molecule has 50 heavy (non-hydrogen) atoms. The van der Waals surface area contributed by atoms with Gasteiger partial charge in [0.15, 0.2) is 0 Å². The van der Waals surface area contributed by atoms with E-state index >= 15 is 0 Å². The standard InChI is InChI=1S/C39H76O4.C2H7N.C2H6O2/c1-4-6-8-10-12-14-16-18-20-22-24-26-28-30-32-34-38(40)42-36-37(3)43-39(41)35-33-31-29-27-25-23-21-19-17-15-13-11-9-7-5-2;1-3-2;3-1-2-4/h37H,4-36H2,1-3H3;3H,1-2H3;3-4H,1-2H2. The molecule has 0 fully saturated rings. The Labute approximate surface area is 312 Å². The number of unbranched alkanes of at least 4 members (excludes halogenated alkanes) is 28. The number of aliphatic hydroxyl groups excluding tert-OH is 2. The second-order valence-corrected chi connectivity index (χ2v) is 14.3. The lowest BCUT2D eigenvalue weighted by molar-refractivity contribution is -0.158. The van der Waals surface area contributed by atoms with Crippen LogP contribution in [-0.4, -0.2) is 62.2 Å². The quantitative estimate of drug-likeness (QED) is 0.0438. The lowest BCUT2D eigenvalue weighted by Crippen LogP contribution is -2.22. The van der Waals surface area contributed by atoms with Gasteiger partial charge in [0, 0.05) is 12.8 Å². The molecule has 1 atom stereocenters. The highest BCUT2D eigenvalue weighted by atomic mass is 16.6. The third kappa shape index (κ3) is 53.6. The molecule has 0 aromatic rings. The van der Waals surface area contributed by atoms with Crippen LogP contribution in [0.15, 0.2) is 0 Å². The van der Waals surface area contributed by atoms with Crippen LogP contribution >= 0.6 is 0 Å². The molecular weight excluding hydrogens is 626 g/mol. The fourth-order valence-electron chi connectivity index (χ4n) is 5.88. The van der Waals surface area contributed by atoms with E-state index in [-0.39, 0.29) is 37.9 Å². The Bertz CT molecular complexity index is 631. The lowest BCUT2D eigenvalue weighted by Gasteiger charge is -2.13. The zero-order valence-electron chi connectivity index (χ0n) is 34.4. The molecule has 0 saturated carbocycles. The smallest absolute Gasteiger partial charge is 0.306 e. The van der Waals surface area contributed by atoms with Crippen LogP contribution in [0.1, 0.15) is 226 Å². The molecule has 7 nitrogen and oxygen atoms in total. The van der Waals surface area contributed by atoms with Gasteiger partial charge in [0.25, 0.3) is 0 Å². The summed E-state index contributed by atoms with van der Waals surface area (Å²) in [5, 5.41) is 18.0. The Kier molecular flexibility index (Phi) is 53.1. The normalized spacial score (nSPS) is 11.3. The van der Waals surface area contributed by atoms with Gasteiger partial charge in [0.05, 0.1) is 13.2 Å². The van der Waals surface area contributed by atoms with Crippen molar-refractivity contribution in [2.75, 3.05) is 33.9 Å². The summed E-state index contributed by atoms with van der Waals surface area (Å²) in [6.45, 7) is 6.28. The molecule has 0 aromatic heterocycles. The predicted octanol–water partition coefficient (Wildman–Crippen LogP) is 11.8. The first-order valence-electron chi connectivity index (χ1n) is 21.6. The molecule has 3 N–H and O–H groups in total. The van der Waals surface area contributed by atoms with Crippen molar-refractivity contribution in [1.29, 1.82) is 0 Å². The number of hydrogen-bond acceptors (Lipinski definition) is 7. The first kappa shape index (κ1) is 53.2. The van der Waals surface area contributed by atoms with Gasteiger partial charge in [-0.15, -0.1) is 0 Å². The second-order valence-electron chi connectivity index (χ2n) is 14.3. The van der Waals surface area contributed by atoms with Gasteiger partial charge in [-0.3, -0.25) is 9.59 Å². The van der Waals surface area contributed by atoms with E-state index in [9.17, 15) is 9.59 Å². The predicted molar refractivity (Wildman–Crippen MR) is 215 cm³/mol. The number of carbonyl (C=O) groups excluding carboxylic acids is 2. The van der Waals surface area contributed by atoms with Gasteiger partial charge in [0.1, 0.15) is 12.7 Å². The molecular formula is C43H89NO6. The Balaban J connectivity index is -0.00000287. The van der Waals surface area contributed by atoms with E-state index < -0.39 is 0 Å². The molecule has 0 bridgehead atoms. The van der Waals surface area contributed by atoms with Crippen molar-refractivity contribution < 1.29 is 29.3 Å². The van der Waals surface area contributed by atoms with Crippen LogP contribution in [0, 0.1) is 0 Å². The van der Waals surface area contributed by atoms with Crippen LogP contribution in [-0.2, 0) is 19.1 Å². The Morgan fingerprint density at radius 3 is 0.960 bits per heavy atom. The van der Waals surface area contributed by atoms with Crippen molar-refractivity contribution >= 4 is 11.9 Å². The van der Waals surface area contributed by atoms with E-state index in [1.165, 1.54) is 167 Å². The molecule has 0 spiro atoms. The zero-order chi connectivity index (χ0) is 37.6. The number of carbonyl (C=O) groups is 2. The molecule has 302 valence electrons.